The molecule has 1 saturated heterocycles. The number of amides is 1. The normalized spacial score (nSPS) is 22.0. The first-order valence-electron chi connectivity index (χ1n) is 7.75. The molecule has 1 fully saturated rings. The van der Waals surface area contributed by atoms with Crippen molar-refractivity contribution < 1.29 is 22.7 Å². The number of hydrogen-bond donors (Lipinski definition) is 0. The minimum atomic E-state index is -3.69. The highest BCUT2D eigenvalue weighted by molar-refractivity contribution is 7.90. The molecule has 1 amide bonds. The number of fused-ring (bicyclic) bond motifs is 1. The molecule has 0 radical (unpaired) electrons. The second-order valence-corrected chi connectivity index (χ2v) is 8.40. The minimum absolute atomic E-state index is 0.0987. The summed E-state index contributed by atoms with van der Waals surface area (Å²) in [7, 11) is -3.69. The maximum absolute atomic E-state index is 12.1. The number of nitrogens with zero attached hydrogens (tertiary/aromatic N) is 2. The van der Waals surface area contributed by atoms with E-state index in [0.717, 1.165) is 0 Å². The molecular formula is C16H20N2O5S. The number of benzene rings is 1. The third kappa shape index (κ3) is 3.38. The van der Waals surface area contributed by atoms with E-state index in [1.807, 2.05) is 20.8 Å². The predicted molar refractivity (Wildman–Crippen MR) is 87.5 cm³/mol. The van der Waals surface area contributed by atoms with Crippen LogP contribution in [-0.4, -0.2) is 50.1 Å². The monoisotopic (exact) mass is 352 g/mol. The van der Waals surface area contributed by atoms with E-state index in [1.165, 1.54) is 6.07 Å². The average molecular weight is 352 g/mol. The van der Waals surface area contributed by atoms with Gasteiger partial charge in [0.05, 0.1) is 12.1 Å². The fourth-order valence-electron chi connectivity index (χ4n) is 2.64. The highest BCUT2D eigenvalue weighted by Gasteiger charge is 2.35. The SMILES string of the molecule is CC(C)(C)OC(=O)N1CC[C@H](OC2=NS(=O)(=O)c3ccccc32)C1. The molecule has 0 unspecified atom stereocenters. The third-order valence-corrected chi connectivity index (χ3v) is 4.99. The van der Waals surface area contributed by atoms with Gasteiger partial charge in [-0.05, 0) is 32.9 Å². The van der Waals surface area contributed by atoms with Gasteiger partial charge in [-0.25, -0.2) is 4.79 Å². The Kier molecular flexibility index (Phi) is 4.03. The Hall–Kier alpha value is -2.09. The first kappa shape index (κ1) is 16.8. The van der Waals surface area contributed by atoms with E-state index in [1.54, 1.807) is 23.1 Å². The molecule has 2 heterocycles. The van der Waals surface area contributed by atoms with Crippen LogP contribution in [0.5, 0.6) is 0 Å². The van der Waals surface area contributed by atoms with Crippen LogP contribution >= 0.6 is 0 Å². The summed E-state index contributed by atoms with van der Waals surface area (Å²) in [5.74, 6) is 0.0987. The van der Waals surface area contributed by atoms with Crippen molar-refractivity contribution in [2.75, 3.05) is 13.1 Å². The van der Waals surface area contributed by atoms with Crippen LogP contribution < -0.4 is 0 Å². The maximum Gasteiger partial charge on any atom is 0.410 e. The van der Waals surface area contributed by atoms with Gasteiger partial charge in [0.25, 0.3) is 10.0 Å². The van der Waals surface area contributed by atoms with Gasteiger partial charge in [0, 0.05) is 13.0 Å². The molecule has 1 aromatic rings. The topological polar surface area (TPSA) is 85.3 Å². The molecule has 0 bridgehead atoms. The van der Waals surface area contributed by atoms with Crippen LogP contribution in [0.25, 0.3) is 0 Å². The molecular weight excluding hydrogens is 332 g/mol. The van der Waals surface area contributed by atoms with Gasteiger partial charge < -0.3 is 14.4 Å². The van der Waals surface area contributed by atoms with E-state index < -0.39 is 21.7 Å². The van der Waals surface area contributed by atoms with Crippen molar-refractivity contribution in [1.29, 1.82) is 0 Å². The maximum atomic E-state index is 12.1. The lowest BCUT2D eigenvalue weighted by atomic mass is 10.2. The lowest BCUT2D eigenvalue weighted by Gasteiger charge is -2.24. The van der Waals surface area contributed by atoms with Gasteiger partial charge in [0.2, 0.25) is 5.90 Å². The van der Waals surface area contributed by atoms with Crippen LogP contribution in [0.2, 0.25) is 0 Å². The smallest absolute Gasteiger partial charge is 0.410 e. The molecule has 2 aliphatic rings. The van der Waals surface area contributed by atoms with Crippen molar-refractivity contribution in [3.63, 3.8) is 0 Å². The molecule has 130 valence electrons. The number of likely N-dealkylation sites (tertiary alicyclic amines) is 1. The van der Waals surface area contributed by atoms with Gasteiger partial charge in [-0.15, -0.1) is 4.40 Å². The molecule has 8 heteroatoms. The number of sulfonamides is 1. The third-order valence-electron chi connectivity index (χ3n) is 3.67. The Balaban J connectivity index is 1.68. The zero-order valence-electron chi connectivity index (χ0n) is 13.9. The summed E-state index contributed by atoms with van der Waals surface area (Å²) in [6.45, 7) is 6.27. The van der Waals surface area contributed by atoms with E-state index in [-0.39, 0.29) is 16.9 Å². The van der Waals surface area contributed by atoms with E-state index in [9.17, 15) is 13.2 Å². The zero-order valence-corrected chi connectivity index (χ0v) is 14.7. The first-order valence-corrected chi connectivity index (χ1v) is 9.19. The quantitative estimate of drug-likeness (QED) is 0.773. The number of hydrogen-bond acceptors (Lipinski definition) is 5. The van der Waals surface area contributed by atoms with E-state index >= 15 is 0 Å². The summed E-state index contributed by atoms with van der Waals surface area (Å²) in [5, 5.41) is 0. The molecule has 0 saturated carbocycles. The number of ether oxygens (including phenoxy) is 2. The second-order valence-electron chi connectivity index (χ2n) is 6.82. The lowest BCUT2D eigenvalue weighted by molar-refractivity contribution is 0.0273. The van der Waals surface area contributed by atoms with Gasteiger partial charge in [0.1, 0.15) is 16.6 Å². The summed E-state index contributed by atoms with van der Waals surface area (Å²) in [6.07, 6.45) is -0.104. The Morgan fingerprint density at radius 1 is 1.29 bits per heavy atom. The van der Waals surface area contributed by atoms with Crippen LogP contribution in [0.4, 0.5) is 4.79 Å². The second kappa shape index (κ2) is 5.77. The van der Waals surface area contributed by atoms with Crippen LogP contribution in [0.15, 0.2) is 33.6 Å². The van der Waals surface area contributed by atoms with Crippen LogP contribution in [0.1, 0.15) is 32.8 Å². The van der Waals surface area contributed by atoms with Crippen molar-refractivity contribution in [2.45, 2.75) is 43.8 Å². The van der Waals surface area contributed by atoms with Crippen molar-refractivity contribution in [2.24, 2.45) is 4.40 Å². The predicted octanol–water partition coefficient (Wildman–Crippen LogP) is 2.16. The van der Waals surface area contributed by atoms with Gasteiger partial charge in [0.15, 0.2) is 0 Å². The van der Waals surface area contributed by atoms with Crippen molar-refractivity contribution >= 4 is 22.0 Å². The van der Waals surface area contributed by atoms with Gasteiger partial charge in [-0.3, -0.25) is 0 Å². The largest absolute Gasteiger partial charge is 0.471 e. The van der Waals surface area contributed by atoms with Gasteiger partial charge >= 0.3 is 6.09 Å². The summed E-state index contributed by atoms with van der Waals surface area (Å²) in [5.41, 5.74) is -0.0910. The molecule has 1 aromatic carbocycles. The summed E-state index contributed by atoms with van der Waals surface area (Å²) < 4.78 is 38.8. The van der Waals surface area contributed by atoms with Crippen LogP contribution in [0.3, 0.4) is 0 Å². The van der Waals surface area contributed by atoms with Crippen LogP contribution in [-0.2, 0) is 19.5 Å². The Morgan fingerprint density at radius 3 is 2.71 bits per heavy atom. The van der Waals surface area contributed by atoms with E-state index in [4.69, 9.17) is 9.47 Å². The van der Waals surface area contributed by atoms with Gasteiger partial charge in [-0.1, -0.05) is 12.1 Å². The standard InChI is InChI=1S/C16H20N2O5S/c1-16(2,3)23-15(19)18-9-8-11(10-18)22-14-12-6-4-5-7-13(12)24(20,21)17-14/h4-7,11H,8-10H2,1-3H3/t11-/m0/s1. The molecule has 0 spiro atoms. The Bertz CT molecular complexity index is 795. The molecule has 3 rings (SSSR count). The number of rotatable bonds is 1. The molecule has 0 aromatic heterocycles. The molecule has 1 atom stereocenters. The lowest BCUT2D eigenvalue weighted by Crippen LogP contribution is -2.36. The van der Waals surface area contributed by atoms with Crippen molar-refractivity contribution in [3.05, 3.63) is 29.8 Å². The highest BCUT2D eigenvalue weighted by Crippen LogP contribution is 2.28. The summed E-state index contributed by atoms with van der Waals surface area (Å²) in [6, 6.07) is 6.56. The Labute approximate surface area is 141 Å². The molecule has 7 nitrogen and oxygen atoms in total. The fraction of sp³-hybridized carbons (Fsp3) is 0.500. The van der Waals surface area contributed by atoms with E-state index in [2.05, 4.69) is 4.40 Å². The van der Waals surface area contributed by atoms with Crippen molar-refractivity contribution in [1.82, 2.24) is 4.90 Å². The summed E-state index contributed by atoms with van der Waals surface area (Å²) in [4.78, 5) is 13.8. The van der Waals surface area contributed by atoms with Crippen molar-refractivity contribution in [3.8, 4) is 0 Å². The van der Waals surface area contributed by atoms with E-state index in [0.29, 0.717) is 25.1 Å². The highest BCUT2D eigenvalue weighted by atomic mass is 32.2. The Morgan fingerprint density at radius 2 is 2.00 bits per heavy atom. The number of carbonyl (C=O) groups is 1. The molecule has 24 heavy (non-hydrogen) atoms. The first-order chi connectivity index (χ1) is 11.2. The molecule has 0 aliphatic carbocycles. The number of carbonyl (C=O) groups excluding carboxylic acids is 1. The molecule has 0 N–H and O–H groups in total. The van der Waals surface area contributed by atoms with Crippen LogP contribution in [0, 0.1) is 0 Å². The van der Waals surface area contributed by atoms with Gasteiger partial charge in [-0.2, -0.15) is 8.42 Å². The zero-order chi connectivity index (χ0) is 17.5. The average Bonchev–Trinajstić information content (AvgIpc) is 3.02. The summed E-state index contributed by atoms with van der Waals surface area (Å²) >= 11 is 0. The minimum Gasteiger partial charge on any atom is -0.471 e. The molecule has 2 aliphatic heterocycles. The fourth-order valence-corrected chi connectivity index (χ4v) is 3.78.